The highest BCUT2D eigenvalue weighted by molar-refractivity contribution is 5.93. The van der Waals surface area contributed by atoms with Crippen LogP contribution in [0.2, 0.25) is 0 Å². The van der Waals surface area contributed by atoms with Crippen molar-refractivity contribution in [1.82, 2.24) is 0 Å². The Bertz CT molecular complexity index is 792. The largest absolute Gasteiger partial charge is 0.493 e. The maximum atomic E-state index is 12.1. The number of methoxy groups -OCH3 is 2. The van der Waals surface area contributed by atoms with Crippen molar-refractivity contribution in [3.63, 3.8) is 0 Å². The number of aryl methyl sites for hydroxylation is 3. The number of carbonyl (C=O) groups excluding carboxylic acids is 1. The first kappa shape index (κ1) is 19.3. The monoisotopic (exact) mass is 356 g/mol. The van der Waals surface area contributed by atoms with Gasteiger partial charge in [-0.15, -0.1) is 0 Å². The van der Waals surface area contributed by atoms with Crippen molar-refractivity contribution in [1.29, 1.82) is 0 Å². The summed E-state index contributed by atoms with van der Waals surface area (Å²) in [5, 5.41) is 6.69. The van der Waals surface area contributed by atoms with Crippen molar-refractivity contribution >= 4 is 17.8 Å². The van der Waals surface area contributed by atoms with Crippen LogP contribution in [0.1, 0.15) is 22.3 Å². The molecule has 0 saturated carbocycles. The Morgan fingerprint density at radius 1 is 1.04 bits per heavy atom. The number of hydrogen-bond donors (Lipinski definition) is 1. The second kappa shape index (κ2) is 8.89. The first-order valence-corrected chi connectivity index (χ1v) is 8.19. The normalized spacial score (nSPS) is 10.7. The van der Waals surface area contributed by atoms with Gasteiger partial charge in [-0.1, -0.05) is 22.9 Å². The zero-order valence-electron chi connectivity index (χ0n) is 15.8. The van der Waals surface area contributed by atoms with Crippen LogP contribution in [0.25, 0.3) is 0 Å². The fourth-order valence-corrected chi connectivity index (χ4v) is 2.68. The quantitative estimate of drug-likeness (QED) is 0.608. The average molecular weight is 356 g/mol. The predicted molar refractivity (Wildman–Crippen MR) is 102 cm³/mol. The molecule has 0 fully saturated rings. The maximum absolute atomic E-state index is 12.1. The fourth-order valence-electron chi connectivity index (χ4n) is 2.68. The lowest BCUT2D eigenvalue weighted by molar-refractivity contribution is -0.120. The summed E-state index contributed by atoms with van der Waals surface area (Å²) < 4.78 is 10.4. The van der Waals surface area contributed by atoms with Crippen molar-refractivity contribution in [3.8, 4) is 11.5 Å². The Labute approximate surface area is 153 Å². The Morgan fingerprint density at radius 3 is 2.31 bits per heavy atom. The molecule has 0 aliphatic carbocycles. The van der Waals surface area contributed by atoms with Gasteiger partial charge in [0.1, 0.15) is 0 Å². The molecule has 26 heavy (non-hydrogen) atoms. The number of amides is 1. The van der Waals surface area contributed by atoms with E-state index in [0.717, 1.165) is 27.9 Å². The first-order chi connectivity index (χ1) is 12.4. The minimum Gasteiger partial charge on any atom is -0.493 e. The van der Waals surface area contributed by atoms with Crippen molar-refractivity contribution in [2.75, 3.05) is 26.1 Å². The van der Waals surface area contributed by atoms with E-state index in [9.17, 15) is 4.79 Å². The molecular weight excluding hydrogens is 332 g/mol. The van der Waals surface area contributed by atoms with E-state index in [4.69, 9.17) is 14.3 Å². The van der Waals surface area contributed by atoms with Gasteiger partial charge in [-0.3, -0.25) is 4.79 Å². The Kier molecular flexibility index (Phi) is 6.60. The molecule has 138 valence electrons. The number of hydrogen-bond acceptors (Lipinski definition) is 5. The van der Waals surface area contributed by atoms with Crippen LogP contribution in [0.3, 0.4) is 0 Å². The van der Waals surface area contributed by atoms with E-state index >= 15 is 0 Å². The lowest BCUT2D eigenvalue weighted by Gasteiger charge is -2.12. The van der Waals surface area contributed by atoms with E-state index in [0.29, 0.717) is 11.5 Å². The van der Waals surface area contributed by atoms with Crippen molar-refractivity contribution < 1.29 is 19.1 Å². The van der Waals surface area contributed by atoms with Crippen molar-refractivity contribution in [2.45, 2.75) is 20.8 Å². The maximum Gasteiger partial charge on any atom is 0.265 e. The van der Waals surface area contributed by atoms with Gasteiger partial charge in [0.05, 0.1) is 20.4 Å². The summed E-state index contributed by atoms with van der Waals surface area (Å²) in [4.78, 5) is 17.1. The van der Waals surface area contributed by atoms with E-state index < -0.39 is 0 Å². The lowest BCUT2D eigenvalue weighted by atomic mass is 10.1. The standard InChI is InChI=1S/C20H24N2O4/c1-13-8-14(2)20(15(3)9-13)22-19(23)12-26-21-11-16-6-7-17(24-4)18(10-16)25-5/h6-11H,12H2,1-5H3,(H,22,23)/b21-11-. The smallest absolute Gasteiger partial charge is 0.265 e. The van der Waals surface area contributed by atoms with E-state index in [1.165, 1.54) is 6.21 Å². The van der Waals surface area contributed by atoms with Crippen molar-refractivity contribution in [2.24, 2.45) is 5.16 Å². The molecule has 0 bridgehead atoms. The molecule has 6 nitrogen and oxygen atoms in total. The summed E-state index contributed by atoms with van der Waals surface area (Å²) in [6, 6.07) is 9.41. The van der Waals surface area contributed by atoms with Gasteiger partial charge in [0.15, 0.2) is 18.1 Å². The molecule has 0 unspecified atom stereocenters. The van der Waals surface area contributed by atoms with Crippen LogP contribution in [-0.4, -0.2) is 32.9 Å². The molecule has 0 heterocycles. The Morgan fingerprint density at radius 2 is 1.69 bits per heavy atom. The second-order valence-electron chi connectivity index (χ2n) is 5.94. The molecule has 0 saturated heterocycles. The third-order valence-corrected chi connectivity index (χ3v) is 3.82. The van der Waals surface area contributed by atoms with Gasteiger partial charge in [-0.05, 0) is 50.1 Å². The summed E-state index contributed by atoms with van der Waals surface area (Å²) in [5.74, 6) is 0.970. The molecular formula is C20H24N2O4. The summed E-state index contributed by atoms with van der Waals surface area (Å²) in [6.07, 6.45) is 1.51. The third kappa shape index (κ3) is 4.99. The summed E-state index contributed by atoms with van der Waals surface area (Å²) in [7, 11) is 3.14. The highest BCUT2D eigenvalue weighted by atomic mass is 16.6. The average Bonchev–Trinajstić information content (AvgIpc) is 2.61. The second-order valence-corrected chi connectivity index (χ2v) is 5.94. The van der Waals surface area contributed by atoms with Gasteiger partial charge in [0, 0.05) is 11.3 Å². The van der Waals surface area contributed by atoms with Gasteiger partial charge < -0.3 is 19.6 Å². The summed E-state index contributed by atoms with van der Waals surface area (Å²) >= 11 is 0. The zero-order chi connectivity index (χ0) is 19.1. The Hall–Kier alpha value is -3.02. The van der Waals surface area contributed by atoms with E-state index in [1.54, 1.807) is 26.4 Å². The van der Waals surface area contributed by atoms with Gasteiger partial charge in [0.25, 0.3) is 5.91 Å². The number of rotatable bonds is 7. The minimum atomic E-state index is -0.260. The molecule has 2 aromatic carbocycles. The molecule has 2 rings (SSSR count). The number of carbonyl (C=O) groups is 1. The van der Waals surface area contributed by atoms with Gasteiger partial charge >= 0.3 is 0 Å². The number of benzene rings is 2. The lowest BCUT2D eigenvalue weighted by Crippen LogP contribution is -2.18. The van der Waals surface area contributed by atoms with Crippen LogP contribution in [-0.2, 0) is 9.63 Å². The highest BCUT2D eigenvalue weighted by Gasteiger charge is 2.08. The molecule has 0 aliphatic heterocycles. The molecule has 1 N–H and O–H groups in total. The summed E-state index contributed by atoms with van der Waals surface area (Å²) in [5.41, 5.74) is 4.78. The van der Waals surface area contributed by atoms with Crippen LogP contribution in [0.15, 0.2) is 35.5 Å². The number of oxime groups is 1. The molecule has 0 spiro atoms. The molecule has 0 atom stereocenters. The summed E-state index contributed by atoms with van der Waals surface area (Å²) in [6.45, 7) is 5.78. The highest BCUT2D eigenvalue weighted by Crippen LogP contribution is 2.27. The van der Waals surface area contributed by atoms with Crippen LogP contribution in [0.5, 0.6) is 11.5 Å². The molecule has 2 aromatic rings. The molecule has 6 heteroatoms. The third-order valence-electron chi connectivity index (χ3n) is 3.82. The number of ether oxygens (including phenoxy) is 2. The molecule has 0 aliphatic rings. The van der Waals surface area contributed by atoms with Gasteiger partial charge in [0.2, 0.25) is 0 Å². The minimum absolute atomic E-state index is 0.170. The van der Waals surface area contributed by atoms with E-state index in [2.05, 4.69) is 10.5 Å². The van der Waals surface area contributed by atoms with Crippen LogP contribution in [0.4, 0.5) is 5.69 Å². The van der Waals surface area contributed by atoms with Crippen LogP contribution >= 0.6 is 0 Å². The fraction of sp³-hybridized carbons (Fsp3) is 0.300. The first-order valence-electron chi connectivity index (χ1n) is 8.19. The Balaban J connectivity index is 1.91. The molecule has 1 amide bonds. The van der Waals surface area contributed by atoms with Gasteiger partial charge in [-0.2, -0.15) is 0 Å². The number of nitrogens with zero attached hydrogens (tertiary/aromatic N) is 1. The predicted octanol–water partition coefficient (Wildman–Crippen LogP) is 3.62. The van der Waals surface area contributed by atoms with Gasteiger partial charge in [-0.25, -0.2) is 0 Å². The zero-order valence-corrected chi connectivity index (χ0v) is 15.8. The molecule has 0 radical (unpaired) electrons. The van der Waals surface area contributed by atoms with E-state index in [-0.39, 0.29) is 12.5 Å². The molecule has 0 aromatic heterocycles. The number of nitrogens with one attached hydrogen (secondary N) is 1. The van der Waals surface area contributed by atoms with Crippen molar-refractivity contribution in [3.05, 3.63) is 52.6 Å². The SMILES string of the molecule is COc1ccc(/C=N\OCC(=O)Nc2c(C)cc(C)cc2C)cc1OC. The number of anilines is 1. The topological polar surface area (TPSA) is 69.2 Å². The van der Waals surface area contributed by atoms with Crippen LogP contribution in [0, 0.1) is 20.8 Å². The van der Waals surface area contributed by atoms with Crippen LogP contribution < -0.4 is 14.8 Å². The van der Waals surface area contributed by atoms with E-state index in [1.807, 2.05) is 39.0 Å².